The van der Waals surface area contributed by atoms with Crippen LogP contribution in [0.4, 0.5) is 0 Å². The van der Waals surface area contributed by atoms with Gasteiger partial charge in [0.1, 0.15) is 4.34 Å². The molecule has 1 aliphatic carbocycles. The third-order valence-corrected chi connectivity index (χ3v) is 5.74. The van der Waals surface area contributed by atoms with Crippen LogP contribution in [0.2, 0.25) is 0 Å². The Morgan fingerprint density at radius 1 is 1.71 bits per heavy atom. The van der Waals surface area contributed by atoms with Gasteiger partial charge < -0.3 is 10.8 Å². The fraction of sp³-hybridized carbons (Fsp3) is 0.750. The number of hydrogen-bond donors (Lipinski definition) is 2. The Balaban J connectivity index is 1.78. The summed E-state index contributed by atoms with van der Waals surface area (Å²) < 4.78 is 1.14. The number of nitrogens with zero attached hydrogens (tertiary/aromatic N) is 1. The van der Waals surface area contributed by atoms with Gasteiger partial charge in [-0.05, 0) is 32.1 Å². The van der Waals surface area contributed by atoms with E-state index in [1.807, 2.05) is 6.92 Å². The number of hydrogen-bond acceptors (Lipinski definition) is 5. The van der Waals surface area contributed by atoms with Crippen LogP contribution in [-0.2, 0) is 0 Å². The standard InChI is InChI=1S/C12H20N2OS2/c1-9-7-17-11(14-9)16-6-4-10-3-2-5-12(10,15)8-13/h7,10,15H,2-6,8,13H2,1H3. The summed E-state index contributed by atoms with van der Waals surface area (Å²) in [7, 11) is 0. The minimum atomic E-state index is -0.598. The average Bonchev–Trinajstić information content (AvgIpc) is 2.87. The van der Waals surface area contributed by atoms with Gasteiger partial charge in [0.15, 0.2) is 0 Å². The average molecular weight is 272 g/mol. The van der Waals surface area contributed by atoms with Crippen LogP contribution in [0.5, 0.6) is 0 Å². The number of aromatic nitrogens is 1. The molecule has 1 fully saturated rings. The van der Waals surface area contributed by atoms with Gasteiger partial charge in [0.2, 0.25) is 0 Å². The summed E-state index contributed by atoms with van der Waals surface area (Å²) in [6, 6.07) is 0. The molecule has 1 aromatic heterocycles. The third-order valence-electron chi connectivity index (χ3n) is 3.57. The normalized spacial score (nSPS) is 28.8. The lowest BCUT2D eigenvalue weighted by molar-refractivity contribution is 0.0104. The lowest BCUT2D eigenvalue weighted by Crippen LogP contribution is -2.41. The molecule has 0 radical (unpaired) electrons. The first-order valence-corrected chi connectivity index (χ1v) is 7.98. The molecular weight excluding hydrogens is 252 g/mol. The zero-order chi connectivity index (χ0) is 12.3. The van der Waals surface area contributed by atoms with Crippen molar-refractivity contribution in [2.24, 2.45) is 11.7 Å². The van der Waals surface area contributed by atoms with Gasteiger partial charge in [-0.1, -0.05) is 18.2 Å². The molecule has 0 saturated heterocycles. The zero-order valence-electron chi connectivity index (χ0n) is 10.2. The van der Waals surface area contributed by atoms with Crippen LogP contribution in [0, 0.1) is 12.8 Å². The van der Waals surface area contributed by atoms with E-state index in [2.05, 4.69) is 10.4 Å². The van der Waals surface area contributed by atoms with E-state index in [0.29, 0.717) is 12.5 Å². The predicted molar refractivity (Wildman–Crippen MR) is 73.5 cm³/mol. The van der Waals surface area contributed by atoms with Crippen molar-refractivity contribution in [2.75, 3.05) is 12.3 Å². The Labute approximate surface area is 111 Å². The van der Waals surface area contributed by atoms with E-state index in [1.165, 1.54) is 0 Å². The quantitative estimate of drug-likeness (QED) is 0.808. The first kappa shape index (κ1) is 13.3. The van der Waals surface area contributed by atoms with Gasteiger partial charge in [0, 0.05) is 23.4 Å². The van der Waals surface area contributed by atoms with Crippen molar-refractivity contribution in [1.82, 2.24) is 4.98 Å². The Morgan fingerprint density at radius 2 is 2.53 bits per heavy atom. The highest BCUT2D eigenvalue weighted by molar-refractivity contribution is 8.00. The summed E-state index contributed by atoms with van der Waals surface area (Å²) in [5.74, 6) is 1.40. The number of aryl methyl sites for hydroxylation is 1. The number of aliphatic hydroxyl groups is 1. The maximum Gasteiger partial charge on any atom is 0.150 e. The van der Waals surface area contributed by atoms with E-state index in [1.54, 1.807) is 23.1 Å². The van der Waals surface area contributed by atoms with E-state index >= 15 is 0 Å². The van der Waals surface area contributed by atoms with Crippen LogP contribution in [0.1, 0.15) is 31.4 Å². The highest BCUT2D eigenvalue weighted by Crippen LogP contribution is 2.38. The Bertz CT molecular complexity index is 369. The molecule has 3 nitrogen and oxygen atoms in total. The van der Waals surface area contributed by atoms with E-state index in [4.69, 9.17) is 5.73 Å². The van der Waals surface area contributed by atoms with Gasteiger partial charge in [0.25, 0.3) is 0 Å². The Morgan fingerprint density at radius 3 is 3.18 bits per heavy atom. The largest absolute Gasteiger partial charge is 0.388 e. The minimum absolute atomic E-state index is 0.376. The minimum Gasteiger partial charge on any atom is -0.388 e. The summed E-state index contributed by atoms with van der Waals surface area (Å²) in [4.78, 5) is 4.43. The monoisotopic (exact) mass is 272 g/mol. The first-order valence-electron chi connectivity index (χ1n) is 6.11. The van der Waals surface area contributed by atoms with Crippen molar-refractivity contribution in [3.63, 3.8) is 0 Å². The van der Waals surface area contributed by atoms with E-state index in [-0.39, 0.29) is 0 Å². The van der Waals surface area contributed by atoms with Crippen LogP contribution >= 0.6 is 23.1 Å². The second-order valence-electron chi connectivity index (χ2n) is 4.79. The summed E-state index contributed by atoms with van der Waals surface area (Å²) >= 11 is 3.50. The van der Waals surface area contributed by atoms with Gasteiger partial charge in [-0.15, -0.1) is 11.3 Å². The molecule has 1 heterocycles. The van der Waals surface area contributed by atoms with Crippen molar-refractivity contribution >= 4 is 23.1 Å². The molecule has 2 unspecified atom stereocenters. The molecule has 3 N–H and O–H groups in total. The molecule has 0 spiro atoms. The highest BCUT2D eigenvalue weighted by Gasteiger charge is 2.39. The van der Waals surface area contributed by atoms with Crippen LogP contribution in [0.15, 0.2) is 9.72 Å². The smallest absolute Gasteiger partial charge is 0.150 e. The number of nitrogens with two attached hydrogens (primary N) is 1. The molecule has 96 valence electrons. The molecule has 1 aromatic rings. The van der Waals surface area contributed by atoms with Crippen LogP contribution in [-0.4, -0.2) is 28.0 Å². The Kier molecular flexibility index (Phi) is 4.47. The zero-order valence-corrected chi connectivity index (χ0v) is 11.8. The van der Waals surface area contributed by atoms with Crippen LogP contribution in [0.3, 0.4) is 0 Å². The lowest BCUT2D eigenvalue weighted by Gasteiger charge is -2.28. The van der Waals surface area contributed by atoms with E-state index in [9.17, 15) is 5.11 Å². The van der Waals surface area contributed by atoms with Crippen molar-refractivity contribution in [3.8, 4) is 0 Å². The van der Waals surface area contributed by atoms with Crippen LogP contribution < -0.4 is 5.73 Å². The fourth-order valence-electron chi connectivity index (χ4n) is 2.50. The molecule has 0 aliphatic heterocycles. The molecule has 1 aliphatic rings. The Hall–Kier alpha value is -0.100. The molecular formula is C12H20N2OS2. The highest BCUT2D eigenvalue weighted by atomic mass is 32.2. The van der Waals surface area contributed by atoms with Gasteiger partial charge in [-0.2, -0.15) is 0 Å². The van der Waals surface area contributed by atoms with Crippen molar-refractivity contribution < 1.29 is 5.11 Å². The summed E-state index contributed by atoms with van der Waals surface area (Å²) in [6.45, 7) is 2.42. The molecule has 0 bridgehead atoms. The number of thiazole rings is 1. The maximum absolute atomic E-state index is 10.3. The van der Waals surface area contributed by atoms with Crippen molar-refractivity contribution in [1.29, 1.82) is 0 Å². The van der Waals surface area contributed by atoms with Gasteiger partial charge >= 0.3 is 0 Å². The molecule has 17 heavy (non-hydrogen) atoms. The van der Waals surface area contributed by atoms with Crippen molar-refractivity contribution in [2.45, 2.75) is 42.5 Å². The third kappa shape index (κ3) is 3.22. The van der Waals surface area contributed by atoms with Gasteiger partial charge in [-0.3, -0.25) is 0 Å². The second kappa shape index (κ2) is 5.69. The molecule has 2 rings (SSSR count). The molecule has 5 heteroatoms. The number of thioether (sulfide) groups is 1. The molecule has 1 saturated carbocycles. The van der Waals surface area contributed by atoms with Gasteiger partial charge in [-0.25, -0.2) is 4.98 Å². The maximum atomic E-state index is 10.3. The predicted octanol–water partition coefficient (Wildman–Crippen LogP) is 2.42. The second-order valence-corrected chi connectivity index (χ2v) is 6.99. The SMILES string of the molecule is Cc1csc(SCCC2CCCC2(O)CN)n1. The van der Waals surface area contributed by atoms with Crippen molar-refractivity contribution in [3.05, 3.63) is 11.1 Å². The topological polar surface area (TPSA) is 59.1 Å². The fourth-order valence-corrected chi connectivity index (χ4v) is 4.47. The molecule has 2 atom stereocenters. The molecule has 0 amide bonds. The summed E-state index contributed by atoms with van der Waals surface area (Å²) in [6.07, 6.45) is 4.14. The first-order chi connectivity index (χ1) is 8.14. The molecule has 0 aromatic carbocycles. The summed E-state index contributed by atoms with van der Waals surface area (Å²) in [5.41, 5.74) is 6.17. The summed E-state index contributed by atoms with van der Waals surface area (Å²) in [5, 5.41) is 12.4. The number of rotatable bonds is 5. The van der Waals surface area contributed by atoms with Gasteiger partial charge in [0.05, 0.1) is 5.60 Å². The van der Waals surface area contributed by atoms with E-state index in [0.717, 1.165) is 41.5 Å². The lowest BCUT2D eigenvalue weighted by atomic mass is 9.89. The van der Waals surface area contributed by atoms with Crippen LogP contribution in [0.25, 0.3) is 0 Å². The van der Waals surface area contributed by atoms with E-state index < -0.39 is 5.60 Å².